The Morgan fingerprint density at radius 3 is 1.91 bits per heavy atom. The van der Waals surface area contributed by atoms with E-state index >= 15 is 0 Å². The van der Waals surface area contributed by atoms with Crippen molar-refractivity contribution in [2.75, 3.05) is 0 Å². The van der Waals surface area contributed by atoms with Crippen LogP contribution in [0.15, 0.2) is 12.2 Å². The molecule has 0 spiro atoms. The molecule has 136 valence electrons. The number of aliphatic carboxylic acids is 1. The second kappa shape index (κ2) is 14.7. The van der Waals surface area contributed by atoms with Crippen molar-refractivity contribution in [2.24, 2.45) is 0 Å². The Labute approximate surface area is 140 Å². The maximum atomic E-state index is 10.3. The number of carboxylic acids is 1. The van der Waals surface area contributed by atoms with Crippen LogP contribution in [0.2, 0.25) is 0 Å². The number of aliphatic hydroxyl groups is 3. The van der Waals surface area contributed by atoms with Crippen LogP contribution in [0.5, 0.6) is 0 Å². The number of carboxylic acid groups (broad SMARTS) is 1. The smallest absolute Gasteiger partial charge is 0.327 e. The Kier molecular flexibility index (Phi) is 14.1. The quantitative estimate of drug-likeness (QED) is 0.273. The van der Waals surface area contributed by atoms with Crippen LogP contribution >= 0.6 is 0 Å². The zero-order valence-electron chi connectivity index (χ0n) is 14.4. The normalized spacial score (nSPS) is 15.7. The lowest BCUT2D eigenvalue weighted by Crippen LogP contribution is -2.25. The van der Waals surface area contributed by atoms with Gasteiger partial charge in [0.05, 0.1) is 18.3 Å². The Hall–Kier alpha value is -0.910. The van der Waals surface area contributed by atoms with Gasteiger partial charge in [-0.3, -0.25) is 0 Å². The fourth-order valence-electron chi connectivity index (χ4n) is 2.51. The van der Waals surface area contributed by atoms with E-state index in [0.717, 1.165) is 51.4 Å². The van der Waals surface area contributed by atoms with Crippen LogP contribution in [0.1, 0.15) is 77.6 Å². The second-order valence-electron chi connectivity index (χ2n) is 6.35. The summed E-state index contributed by atoms with van der Waals surface area (Å²) >= 11 is 0. The third kappa shape index (κ3) is 15.8. The van der Waals surface area contributed by atoms with Crippen molar-refractivity contribution in [3.63, 3.8) is 0 Å². The van der Waals surface area contributed by atoms with Gasteiger partial charge < -0.3 is 20.4 Å². The summed E-state index contributed by atoms with van der Waals surface area (Å²) in [5.74, 6) is -0.892. The van der Waals surface area contributed by atoms with Crippen molar-refractivity contribution in [3.8, 4) is 0 Å². The minimum atomic E-state index is -0.892. The zero-order chi connectivity index (χ0) is 17.5. The molecule has 0 saturated heterocycles. The highest BCUT2D eigenvalue weighted by Gasteiger charge is 2.15. The van der Waals surface area contributed by atoms with E-state index in [1.54, 1.807) is 13.0 Å². The summed E-state index contributed by atoms with van der Waals surface area (Å²) < 4.78 is 0. The van der Waals surface area contributed by atoms with E-state index < -0.39 is 18.2 Å². The van der Waals surface area contributed by atoms with E-state index in [1.165, 1.54) is 6.08 Å². The Morgan fingerprint density at radius 1 is 0.826 bits per heavy atom. The average molecular weight is 330 g/mol. The SMILES string of the molecule is CC(O)CCCC(O)C(O)CCCCCCCCC=CC(=O)O. The van der Waals surface area contributed by atoms with E-state index in [4.69, 9.17) is 10.2 Å². The van der Waals surface area contributed by atoms with Crippen LogP contribution in [0.3, 0.4) is 0 Å². The molecule has 0 saturated carbocycles. The molecule has 0 aromatic heterocycles. The van der Waals surface area contributed by atoms with Gasteiger partial charge in [-0.25, -0.2) is 4.79 Å². The number of hydrogen-bond acceptors (Lipinski definition) is 4. The van der Waals surface area contributed by atoms with E-state index in [9.17, 15) is 15.0 Å². The molecule has 23 heavy (non-hydrogen) atoms. The van der Waals surface area contributed by atoms with E-state index in [0.29, 0.717) is 19.3 Å². The third-order valence-electron chi connectivity index (χ3n) is 3.95. The van der Waals surface area contributed by atoms with Crippen LogP contribution in [-0.2, 0) is 4.79 Å². The molecular weight excluding hydrogens is 296 g/mol. The summed E-state index contributed by atoms with van der Waals surface area (Å²) in [6.45, 7) is 1.73. The van der Waals surface area contributed by atoms with E-state index in [-0.39, 0.29) is 6.10 Å². The second-order valence-corrected chi connectivity index (χ2v) is 6.35. The molecule has 3 atom stereocenters. The molecular formula is C18H34O5. The van der Waals surface area contributed by atoms with Gasteiger partial charge in [0.2, 0.25) is 0 Å². The number of aliphatic hydroxyl groups excluding tert-OH is 3. The number of rotatable bonds is 15. The number of hydrogen-bond donors (Lipinski definition) is 4. The molecule has 0 aromatic carbocycles. The summed E-state index contributed by atoms with van der Waals surface area (Å²) in [5.41, 5.74) is 0. The van der Waals surface area contributed by atoms with Gasteiger partial charge in [0, 0.05) is 6.08 Å². The molecule has 0 rings (SSSR count). The van der Waals surface area contributed by atoms with Gasteiger partial charge in [-0.2, -0.15) is 0 Å². The van der Waals surface area contributed by atoms with Gasteiger partial charge in [-0.1, -0.05) is 38.2 Å². The zero-order valence-corrected chi connectivity index (χ0v) is 14.4. The monoisotopic (exact) mass is 330 g/mol. The largest absolute Gasteiger partial charge is 0.478 e. The molecule has 0 aliphatic carbocycles. The van der Waals surface area contributed by atoms with Crippen molar-refractivity contribution in [1.29, 1.82) is 0 Å². The summed E-state index contributed by atoms with van der Waals surface area (Å²) in [6, 6.07) is 0. The molecule has 0 heterocycles. The van der Waals surface area contributed by atoms with E-state index in [2.05, 4.69) is 0 Å². The number of carbonyl (C=O) groups is 1. The highest BCUT2D eigenvalue weighted by atomic mass is 16.4. The average Bonchev–Trinajstić information content (AvgIpc) is 2.48. The number of allylic oxidation sites excluding steroid dienone is 1. The van der Waals surface area contributed by atoms with Crippen molar-refractivity contribution < 1.29 is 25.2 Å². The summed E-state index contributed by atoms with van der Waals surface area (Å²) in [5, 5.41) is 37.3. The fraction of sp³-hybridized carbons (Fsp3) is 0.833. The van der Waals surface area contributed by atoms with Gasteiger partial charge in [-0.05, 0) is 45.4 Å². The lowest BCUT2D eigenvalue weighted by molar-refractivity contribution is -0.131. The van der Waals surface area contributed by atoms with Gasteiger partial charge in [0.15, 0.2) is 0 Å². The first-order valence-corrected chi connectivity index (χ1v) is 8.87. The maximum absolute atomic E-state index is 10.3. The molecule has 3 unspecified atom stereocenters. The number of unbranched alkanes of at least 4 members (excludes halogenated alkanes) is 6. The predicted octanol–water partition coefficient (Wildman–Crippen LogP) is 3.02. The highest BCUT2D eigenvalue weighted by Crippen LogP contribution is 2.14. The maximum Gasteiger partial charge on any atom is 0.327 e. The van der Waals surface area contributed by atoms with E-state index in [1.807, 2.05) is 0 Å². The van der Waals surface area contributed by atoms with Crippen LogP contribution in [0.4, 0.5) is 0 Å². The summed E-state index contributed by atoms with van der Waals surface area (Å²) in [4.78, 5) is 10.3. The van der Waals surface area contributed by atoms with Crippen molar-refractivity contribution in [1.82, 2.24) is 0 Å². The van der Waals surface area contributed by atoms with Crippen molar-refractivity contribution in [2.45, 2.75) is 95.9 Å². The minimum Gasteiger partial charge on any atom is -0.478 e. The molecule has 0 amide bonds. The first-order valence-electron chi connectivity index (χ1n) is 8.87. The topological polar surface area (TPSA) is 98.0 Å². The fourth-order valence-corrected chi connectivity index (χ4v) is 2.51. The van der Waals surface area contributed by atoms with Gasteiger partial charge >= 0.3 is 5.97 Å². The molecule has 0 aliphatic heterocycles. The molecule has 5 heteroatoms. The summed E-state index contributed by atoms with van der Waals surface area (Å²) in [6.07, 6.45) is 10.8. The lowest BCUT2D eigenvalue weighted by atomic mass is 10.00. The first-order chi connectivity index (χ1) is 10.9. The molecule has 0 bridgehead atoms. The van der Waals surface area contributed by atoms with Crippen LogP contribution in [0.25, 0.3) is 0 Å². The third-order valence-corrected chi connectivity index (χ3v) is 3.95. The molecule has 5 nitrogen and oxygen atoms in total. The Balaban J connectivity index is 3.41. The van der Waals surface area contributed by atoms with Gasteiger partial charge in [0.25, 0.3) is 0 Å². The van der Waals surface area contributed by atoms with Crippen molar-refractivity contribution >= 4 is 5.97 Å². The molecule has 0 radical (unpaired) electrons. The van der Waals surface area contributed by atoms with Gasteiger partial charge in [-0.15, -0.1) is 0 Å². The Bertz CT molecular complexity index is 315. The first kappa shape index (κ1) is 22.1. The standard InChI is InChI=1S/C18H34O5/c1-15(19)11-10-13-17(21)16(20)12-8-6-4-2-3-5-7-9-14-18(22)23/h9,14-17,19-21H,2-8,10-13H2,1H3,(H,22,23). The molecule has 4 N–H and O–H groups in total. The van der Waals surface area contributed by atoms with Gasteiger partial charge in [0.1, 0.15) is 0 Å². The van der Waals surface area contributed by atoms with Crippen LogP contribution in [-0.4, -0.2) is 44.7 Å². The molecule has 0 aliphatic rings. The summed E-state index contributed by atoms with van der Waals surface area (Å²) in [7, 11) is 0. The predicted molar refractivity (Wildman–Crippen MR) is 91.3 cm³/mol. The van der Waals surface area contributed by atoms with Crippen LogP contribution in [0, 0.1) is 0 Å². The minimum absolute atomic E-state index is 0.348. The van der Waals surface area contributed by atoms with Crippen LogP contribution < -0.4 is 0 Å². The Morgan fingerprint density at radius 2 is 1.35 bits per heavy atom. The lowest BCUT2D eigenvalue weighted by Gasteiger charge is -2.18. The van der Waals surface area contributed by atoms with Crippen molar-refractivity contribution in [3.05, 3.63) is 12.2 Å². The molecule has 0 fully saturated rings. The molecule has 0 aromatic rings. The highest BCUT2D eigenvalue weighted by molar-refractivity contribution is 5.79.